The largest absolute Gasteiger partial charge is 0.497 e. The number of benzene rings is 2. The van der Waals surface area contributed by atoms with Crippen LogP contribution in [0.15, 0.2) is 47.0 Å². The molecule has 7 nitrogen and oxygen atoms in total. The van der Waals surface area contributed by atoms with Crippen LogP contribution < -0.4 is 14.8 Å². The van der Waals surface area contributed by atoms with Gasteiger partial charge in [0.25, 0.3) is 0 Å². The molecule has 8 heteroatoms. The lowest BCUT2D eigenvalue weighted by molar-refractivity contribution is -0.116. The van der Waals surface area contributed by atoms with Crippen molar-refractivity contribution in [2.24, 2.45) is 0 Å². The second kappa shape index (κ2) is 8.31. The van der Waals surface area contributed by atoms with E-state index < -0.39 is 5.82 Å². The topological polar surface area (TPSA) is 86.5 Å². The van der Waals surface area contributed by atoms with E-state index in [4.69, 9.17) is 14.0 Å². The number of ether oxygens (including phenoxy) is 2. The summed E-state index contributed by atoms with van der Waals surface area (Å²) < 4.78 is 29.2. The summed E-state index contributed by atoms with van der Waals surface area (Å²) in [5.41, 5.74) is 0.779. The number of rotatable bonds is 7. The zero-order chi connectivity index (χ0) is 19.2. The third kappa shape index (κ3) is 4.41. The Balaban J connectivity index is 1.61. The molecule has 0 unspecified atom stereocenters. The Kier molecular flexibility index (Phi) is 5.65. The second-order valence-electron chi connectivity index (χ2n) is 5.61. The summed E-state index contributed by atoms with van der Waals surface area (Å²) in [6.07, 6.45) is 0.347. The quantitative estimate of drug-likeness (QED) is 0.684. The minimum atomic E-state index is -0.436. The van der Waals surface area contributed by atoms with E-state index in [0.717, 1.165) is 0 Å². The standard InChI is InChI=1S/C19H18FN3O4/c1-25-12-7-8-15(16(11-12)26-2)21-17(24)9-10-18-22-19(23-27-18)13-5-3-4-6-14(13)20/h3-8,11H,9-10H2,1-2H3,(H,21,24). The lowest BCUT2D eigenvalue weighted by atomic mass is 10.2. The second-order valence-corrected chi connectivity index (χ2v) is 5.61. The van der Waals surface area contributed by atoms with Crippen molar-refractivity contribution >= 4 is 11.6 Å². The van der Waals surface area contributed by atoms with Crippen molar-refractivity contribution in [2.45, 2.75) is 12.8 Å². The Morgan fingerprint density at radius 3 is 2.74 bits per heavy atom. The van der Waals surface area contributed by atoms with Crippen LogP contribution in [-0.4, -0.2) is 30.3 Å². The summed E-state index contributed by atoms with van der Waals surface area (Å²) >= 11 is 0. The molecule has 0 atom stereocenters. The average Bonchev–Trinajstić information content (AvgIpc) is 3.16. The summed E-state index contributed by atoms with van der Waals surface area (Å²) in [5.74, 6) is 0.836. The van der Waals surface area contributed by atoms with Gasteiger partial charge in [-0.1, -0.05) is 17.3 Å². The lowest BCUT2D eigenvalue weighted by Crippen LogP contribution is -2.13. The zero-order valence-electron chi connectivity index (χ0n) is 14.9. The predicted molar refractivity (Wildman–Crippen MR) is 96.2 cm³/mol. The van der Waals surface area contributed by atoms with E-state index in [1.54, 1.807) is 43.5 Å². The van der Waals surface area contributed by atoms with Crippen LogP contribution >= 0.6 is 0 Å². The number of anilines is 1. The highest BCUT2D eigenvalue weighted by atomic mass is 19.1. The number of nitrogens with zero attached hydrogens (tertiary/aromatic N) is 2. The zero-order valence-corrected chi connectivity index (χ0v) is 14.9. The predicted octanol–water partition coefficient (Wildman–Crippen LogP) is 3.46. The third-order valence-electron chi connectivity index (χ3n) is 3.83. The summed E-state index contributed by atoms with van der Waals surface area (Å²) in [6, 6.07) is 11.2. The maximum absolute atomic E-state index is 13.8. The van der Waals surface area contributed by atoms with E-state index in [2.05, 4.69) is 15.5 Å². The van der Waals surface area contributed by atoms with Gasteiger partial charge >= 0.3 is 0 Å². The summed E-state index contributed by atoms with van der Waals surface area (Å²) in [5, 5.41) is 6.53. The molecular formula is C19H18FN3O4. The molecule has 1 N–H and O–H groups in total. The highest BCUT2D eigenvalue weighted by Gasteiger charge is 2.14. The normalized spacial score (nSPS) is 10.5. The number of amides is 1. The van der Waals surface area contributed by atoms with Crippen molar-refractivity contribution in [3.05, 3.63) is 54.2 Å². The lowest BCUT2D eigenvalue weighted by Gasteiger charge is -2.11. The minimum Gasteiger partial charge on any atom is -0.497 e. The fourth-order valence-electron chi connectivity index (χ4n) is 2.44. The molecule has 0 aliphatic rings. The number of halogens is 1. The number of nitrogens with one attached hydrogen (secondary N) is 1. The van der Waals surface area contributed by atoms with Crippen molar-refractivity contribution in [3.63, 3.8) is 0 Å². The third-order valence-corrected chi connectivity index (χ3v) is 3.83. The van der Waals surface area contributed by atoms with Crippen LogP contribution in [0.4, 0.5) is 10.1 Å². The molecule has 27 heavy (non-hydrogen) atoms. The van der Waals surface area contributed by atoms with Crippen LogP contribution in [0.2, 0.25) is 0 Å². The molecule has 0 saturated carbocycles. The van der Waals surface area contributed by atoms with Crippen molar-refractivity contribution in [3.8, 4) is 22.9 Å². The Morgan fingerprint density at radius 2 is 2.00 bits per heavy atom. The monoisotopic (exact) mass is 371 g/mol. The highest BCUT2D eigenvalue weighted by molar-refractivity contribution is 5.92. The fourth-order valence-corrected chi connectivity index (χ4v) is 2.44. The molecule has 0 saturated heterocycles. The Bertz CT molecular complexity index is 942. The Morgan fingerprint density at radius 1 is 1.19 bits per heavy atom. The van der Waals surface area contributed by atoms with Crippen molar-refractivity contribution < 1.29 is 23.2 Å². The molecule has 1 amide bonds. The van der Waals surface area contributed by atoms with Crippen LogP contribution in [0.5, 0.6) is 11.5 Å². The van der Waals surface area contributed by atoms with Crippen molar-refractivity contribution in [1.29, 1.82) is 0 Å². The number of carbonyl (C=O) groups excluding carboxylic acids is 1. The number of methoxy groups -OCH3 is 2. The SMILES string of the molecule is COc1ccc(NC(=O)CCc2nc(-c3ccccc3F)no2)c(OC)c1. The van der Waals surface area contributed by atoms with Crippen LogP contribution in [0.1, 0.15) is 12.3 Å². The van der Waals surface area contributed by atoms with Gasteiger partial charge in [0.2, 0.25) is 17.6 Å². The molecule has 2 aromatic carbocycles. The molecule has 140 valence electrons. The van der Waals surface area contributed by atoms with Crippen LogP contribution in [-0.2, 0) is 11.2 Å². The van der Waals surface area contributed by atoms with Gasteiger partial charge in [-0.15, -0.1) is 0 Å². The summed E-state index contributed by atoms with van der Waals surface area (Å²) in [6.45, 7) is 0. The molecule has 3 aromatic rings. The molecular weight excluding hydrogens is 353 g/mol. The first-order valence-corrected chi connectivity index (χ1v) is 8.20. The van der Waals surface area contributed by atoms with E-state index in [0.29, 0.717) is 17.2 Å². The van der Waals surface area contributed by atoms with Crippen molar-refractivity contribution in [1.82, 2.24) is 10.1 Å². The first kappa shape index (κ1) is 18.4. The molecule has 0 radical (unpaired) electrons. The minimum absolute atomic E-state index is 0.119. The van der Waals surface area contributed by atoms with Crippen LogP contribution in [0.25, 0.3) is 11.4 Å². The van der Waals surface area contributed by atoms with Gasteiger partial charge in [-0.25, -0.2) is 4.39 Å². The van der Waals surface area contributed by atoms with Gasteiger partial charge < -0.3 is 19.3 Å². The Hall–Kier alpha value is -3.42. The molecule has 1 aromatic heterocycles. The highest BCUT2D eigenvalue weighted by Crippen LogP contribution is 2.29. The van der Waals surface area contributed by atoms with Gasteiger partial charge in [-0.05, 0) is 24.3 Å². The van der Waals surface area contributed by atoms with Gasteiger partial charge in [0, 0.05) is 18.9 Å². The van der Waals surface area contributed by atoms with Gasteiger partial charge in [0.1, 0.15) is 17.3 Å². The van der Waals surface area contributed by atoms with E-state index in [1.165, 1.54) is 13.2 Å². The first-order valence-electron chi connectivity index (χ1n) is 8.20. The summed E-state index contributed by atoms with van der Waals surface area (Å²) in [7, 11) is 3.06. The number of carbonyl (C=O) groups is 1. The smallest absolute Gasteiger partial charge is 0.227 e. The molecule has 0 fully saturated rings. The van der Waals surface area contributed by atoms with E-state index in [9.17, 15) is 9.18 Å². The fraction of sp³-hybridized carbons (Fsp3) is 0.211. The number of hydrogen-bond acceptors (Lipinski definition) is 6. The van der Waals surface area contributed by atoms with Gasteiger partial charge in [-0.3, -0.25) is 4.79 Å². The molecule has 3 rings (SSSR count). The Labute approximate surface area is 155 Å². The van der Waals surface area contributed by atoms with Gasteiger partial charge in [0.15, 0.2) is 0 Å². The number of aromatic nitrogens is 2. The first-order chi connectivity index (χ1) is 13.1. The van der Waals surface area contributed by atoms with E-state index in [1.807, 2.05) is 0 Å². The number of hydrogen-bond donors (Lipinski definition) is 1. The van der Waals surface area contributed by atoms with E-state index in [-0.39, 0.29) is 36.0 Å². The maximum Gasteiger partial charge on any atom is 0.227 e. The molecule has 0 aliphatic heterocycles. The van der Waals surface area contributed by atoms with E-state index >= 15 is 0 Å². The summed E-state index contributed by atoms with van der Waals surface area (Å²) in [4.78, 5) is 16.3. The van der Waals surface area contributed by atoms with Gasteiger partial charge in [0.05, 0.1) is 25.5 Å². The molecule has 0 bridgehead atoms. The number of aryl methyl sites for hydroxylation is 1. The molecule has 0 spiro atoms. The van der Waals surface area contributed by atoms with Crippen molar-refractivity contribution in [2.75, 3.05) is 19.5 Å². The maximum atomic E-state index is 13.8. The molecule has 1 heterocycles. The van der Waals surface area contributed by atoms with Crippen LogP contribution in [0, 0.1) is 5.82 Å². The average molecular weight is 371 g/mol. The van der Waals surface area contributed by atoms with Gasteiger partial charge in [-0.2, -0.15) is 4.98 Å². The van der Waals surface area contributed by atoms with Crippen LogP contribution in [0.3, 0.4) is 0 Å². The molecule has 0 aliphatic carbocycles.